The molecule has 0 saturated carbocycles. The van der Waals surface area contributed by atoms with E-state index in [0.717, 1.165) is 26.2 Å². The lowest BCUT2D eigenvalue weighted by molar-refractivity contribution is 0.179. The van der Waals surface area contributed by atoms with Gasteiger partial charge in [0.1, 0.15) is 0 Å². The van der Waals surface area contributed by atoms with Crippen molar-refractivity contribution in [2.24, 2.45) is 0 Å². The predicted molar refractivity (Wildman–Crippen MR) is 52.9 cm³/mol. The lowest BCUT2D eigenvalue weighted by Gasteiger charge is -2.26. The summed E-state index contributed by atoms with van der Waals surface area (Å²) in [5, 5.41) is 7.28. The fraction of sp³-hybridized carbons (Fsp3) is 0.556. The molecule has 14 heavy (non-hydrogen) atoms. The van der Waals surface area contributed by atoms with Crippen LogP contribution >= 0.6 is 0 Å². The van der Waals surface area contributed by atoms with Crippen LogP contribution in [0, 0.1) is 0 Å². The zero-order valence-corrected chi connectivity index (χ0v) is 8.02. The van der Waals surface area contributed by atoms with E-state index >= 15 is 0 Å². The van der Waals surface area contributed by atoms with E-state index in [9.17, 15) is 4.79 Å². The van der Waals surface area contributed by atoms with E-state index in [1.807, 2.05) is 0 Å². The maximum atomic E-state index is 11.4. The third-order valence-corrected chi connectivity index (χ3v) is 2.33. The van der Waals surface area contributed by atoms with E-state index in [4.69, 9.17) is 0 Å². The molecule has 1 fully saturated rings. The minimum Gasteiger partial charge on any atom is -0.314 e. The second-order valence-corrected chi connectivity index (χ2v) is 3.37. The van der Waals surface area contributed by atoms with Gasteiger partial charge in [-0.25, -0.2) is 4.68 Å². The summed E-state index contributed by atoms with van der Waals surface area (Å²) in [4.78, 5) is 13.6. The number of hydrogen-bond acceptors (Lipinski definition) is 4. The van der Waals surface area contributed by atoms with E-state index in [1.54, 1.807) is 12.3 Å². The van der Waals surface area contributed by atoms with Gasteiger partial charge in [-0.2, -0.15) is 5.10 Å². The van der Waals surface area contributed by atoms with Crippen LogP contribution in [0.2, 0.25) is 0 Å². The van der Waals surface area contributed by atoms with Gasteiger partial charge >= 0.3 is 0 Å². The maximum Gasteiger partial charge on any atom is 0.267 e. The van der Waals surface area contributed by atoms with Crippen molar-refractivity contribution in [3.8, 4) is 0 Å². The molecule has 0 radical (unpaired) electrons. The van der Waals surface area contributed by atoms with Gasteiger partial charge in [-0.1, -0.05) is 0 Å². The molecule has 1 aliphatic rings. The SMILES string of the molecule is O=c1cccnn1CN1CCNCC1. The van der Waals surface area contributed by atoms with Crippen molar-refractivity contribution >= 4 is 0 Å². The van der Waals surface area contributed by atoms with E-state index in [-0.39, 0.29) is 5.56 Å². The molecule has 0 aromatic carbocycles. The van der Waals surface area contributed by atoms with E-state index in [1.165, 1.54) is 10.7 Å². The van der Waals surface area contributed by atoms with Crippen molar-refractivity contribution in [3.63, 3.8) is 0 Å². The molecule has 0 bridgehead atoms. The van der Waals surface area contributed by atoms with Crippen LogP contribution in [-0.4, -0.2) is 40.9 Å². The monoisotopic (exact) mass is 194 g/mol. The Morgan fingerprint density at radius 1 is 1.43 bits per heavy atom. The Morgan fingerprint density at radius 3 is 2.93 bits per heavy atom. The highest BCUT2D eigenvalue weighted by Gasteiger charge is 2.10. The second kappa shape index (κ2) is 4.34. The summed E-state index contributed by atoms with van der Waals surface area (Å²) < 4.78 is 1.49. The summed E-state index contributed by atoms with van der Waals surface area (Å²) >= 11 is 0. The van der Waals surface area contributed by atoms with Crippen LogP contribution in [0.5, 0.6) is 0 Å². The molecular weight excluding hydrogens is 180 g/mol. The van der Waals surface area contributed by atoms with Crippen LogP contribution in [0.3, 0.4) is 0 Å². The third kappa shape index (κ3) is 2.18. The molecule has 76 valence electrons. The molecule has 5 heteroatoms. The molecule has 0 aliphatic carbocycles. The number of nitrogens with one attached hydrogen (secondary N) is 1. The highest BCUT2D eigenvalue weighted by Crippen LogP contribution is 1.92. The smallest absolute Gasteiger partial charge is 0.267 e. The lowest BCUT2D eigenvalue weighted by atomic mass is 10.4. The normalized spacial score (nSPS) is 18.3. The predicted octanol–water partition coefficient (Wildman–Crippen LogP) is -0.894. The van der Waals surface area contributed by atoms with Crippen molar-refractivity contribution in [1.29, 1.82) is 0 Å². The highest BCUT2D eigenvalue weighted by molar-refractivity contribution is 4.84. The summed E-state index contributed by atoms with van der Waals surface area (Å²) in [6.07, 6.45) is 1.64. The Hall–Kier alpha value is -1.20. The third-order valence-electron chi connectivity index (χ3n) is 2.33. The summed E-state index contributed by atoms with van der Waals surface area (Å²) in [5.41, 5.74) is -0.0361. The van der Waals surface area contributed by atoms with Crippen molar-refractivity contribution in [3.05, 3.63) is 28.7 Å². The number of nitrogens with zero attached hydrogens (tertiary/aromatic N) is 3. The zero-order valence-electron chi connectivity index (χ0n) is 8.02. The molecule has 0 spiro atoms. The molecule has 5 nitrogen and oxygen atoms in total. The minimum atomic E-state index is -0.0361. The molecule has 1 aromatic rings. The Balaban J connectivity index is 2.03. The fourth-order valence-corrected chi connectivity index (χ4v) is 1.54. The number of piperazine rings is 1. The first-order chi connectivity index (χ1) is 6.86. The first-order valence-corrected chi connectivity index (χ1v) is 4.81. The Morgan fingerprint density at radius 2 is 2.21 bits per heavy atom. The van der Waals surface area contributed by atoms with Gasteiger partial charge in [0.2, 0.25) is 0 Å². The van der Waals surface area contributed by atoms with E-state index in [2.05, 4.69) is 15.3 Å². The Bertz CT molecular complexity index is 343. The van der Waals surface area contributed by atoms with Crippen molar-refractivity contribution < 1.29 is 0 Å². The van der Waals surface area contributed by atoms with Gasteiger partial charge in [-0.05, 0) is 6.07 Å². The molecular formula is C9H14N4O. The van der Waals surface area contributed by atoms with Crippen LogP contribution in [0.15, 0.2) is 23.1 Å². The second-order valence-electron chi connectivity index (χ2n) is 3.37. The molecule has 0 atom stereocenters. The average Bonchev–Trinajstić information content (AvgIpc) is 2.23. The van der Waals surface area contributed by atoms with Gasteiger partial charge in [0, 0.05) is 38.4 Å². The molecule has 1 aliphatic heterocycles. The van der Waals surface area contributed by atoms with Crippen molar-refractivity contribution in [2.75, 3.05) is 26.2 Å². The van der Waals surface area contributed by atoms with Gasteiger partial charge in [0.15, 0.2) is 0 Å². The summed E-state index contributed by atoms with van der Waals surface area (Å²) in [7, 11) is 0. The van der Waals surface area contributed by atoms with Crippen LogP contribution < -0.4 is 10.9 Å². The van der Waals surface area contributed by atoms with Crippen molar-refractivity contribution in [1.82, 2.24) is 20.0 Å². The molecule has 1 saturated heterocycles. The standard InChI is InChI=1S/C9H14N4O/c14-9-2-1-3-11-13(9)8-12-6-4-10-5-7-12/h1-3,10H,4-8H2. The van der Waals surface area contributed by atoms with Gasteiger partial charge in [0.25, 0.3) is 5.56 Å². The maximum absolute atomic E-state index is 11.4. The van der Waals surface area contributed by atoms with Crippen LogP contribution in [-0.2, 0) is 6.67 Å². The highest BCUT2D eigenvalue weighted by atomic mass is 16.1. The molecule has 2 rings (SSSR count). The quantitative estimate of drug-likeness (QED) is 0.663. The zero-order chi connectivity index (χ0) is 9.80. The Kier molecular flexibility index (Phi) is 2.90. The fourth-order valence-electron chi connectivity index (χ4n) is 1.54. The van der Waals surface area contributed by atoms with Crippen LogP contribution in [0.25, 0.3) is 0 Å². The molecule has 2 heterocycles. The van der Waals surface area contributed by atoms with Gasteiger partial charge in [-0.3, -0.25) is 9.69 Å². The summed E-state index contributed by atoms with van der Waals surface area (Å²) in [6, 6.07) is 3.20. The molecule has 0 unspecified atom stereocenters. The van der Waals surface area contributed by atoms with E-state index < -0.39 is 0 Å². The van der Waals surface area contributed by atoms with Gasteiger partial charge in [0.05, 0.1) is 6.67 Å². The summed E-state index contributed by atoms with van der Waals surface area (Å²) in [6.45, 7) is 4.52. The molecule has 1 aromatic heterocycles. The number of hydrogen-bond donors (Lipinski definition) is 1. The van der Waals surface area contributed by atoms with Crippen LogP contribution in [0.4, 0.5) is 0 Å². The summed E-state index contributed by atoms with van der Waals surface area (Å²) in [5.74, 6) is 0. The first kappa shape index (κ1) is 9.36. The largest absolute Gasteiger partial charge is 0.314 e. The Labute approximate surface area is 82.3 Å². The van der Waals surface area contributed by atoms with Gasteiger partial charge in [-0.15, -0.1) is 0 Å². The van der Waals surface area contributed by atoms with Crippen LogP contribution in [0.1, 0.15) is 0 Å². The van der Waals surface area contributed by atoms with Gasteiger partial charge < -0.3 is 5.32 Å². The topological polar surface area (TPSA) is 50.2 Å². The van der Waals surface area contributed by atoms with E-state index in [0.29, 0.717) is 6.67 Å². The minimum absolute atomic E-state index is 0.0361. The lowest BCUT2D eigenvalue weighted by Crippen LogP contribution is -2.45. The molecule has 0 amide bonds. The first-order valence-electron chi connectivity index (χ1n) is 4.81. The number of aromatic nitrogens is 2. The molecule has 1 N–H and O–H groups in total. The average molecular weight is 194 g/mol. The van der Waals surface area contributed by atoms with Crippen molar-refractivity contribution in [2.45, 2.75) is 6.67 Å². The number of rotatable bonds is 2.